The van der Waals surface area contributed by atoms with Crippen LogP contribution in [-0.2, 0) is 32.2 Å². The quantitative estimate of drug-likeness (QED) is 0.419. The van der Waals surface area contributed by atoms with Crippen molar-refractivity contribution in [3.63, 3.8) is 0 Å². The summed E-state index contributed by atoms with van der Waals surface area (Å²) >= 11 is 0. The lowest BCUT2D eigenvalue weighted by atomic mass is 9.96. The van der Waals surface area contributed by atoms with Crippen molar-refractivity contribution >= 4 is 23.8 Å². The topological polar surface area (TPSA) is 99.3 Å². The molecule has 3 aromatic carbocycles. The number of hydrogen-bond donors (Lipinski definition) is 1. The van der Waals surface area contributed by atoms with Gasteiger partial charge in [-0.1, -0.05) is 48.5 Å². The molecule has 0 aliphatic carbocycles. The predicted molar refractivity (Wildman–Crippen MR) is 161 cm³/mol. The molecule has 4 amide bonds. The van der Waals surface area contributed by atoms with Crippen molar-refractivity contribution in [1.82, 2.24) is 20.0 Å². The first-order valence-corrected chi connectivity index (χ1v) is 14.8. The number of benzene rings is 3. The van der Waals surface area contributed by atoms with Gasteiger partial charge < -0.3 is 24.8 Å². The van der Waals surface area contributed by atoms with Gasteiger partial charge in [0.1, 0.15) is 23.3 Å². The zero-order valence-corrected chi connectivity index (χ0v) is 25.5. The molecule has 3 aromatic rings. The highest BCUT2D eigenvalue weighted by atomic mass is 19.1. The Hall–Kier alpha value is -4.80. The van der Waals surface area contributed by atoms with Crippen molar-refractivity contribution in [3.05, 3.63) is 107 Å². The molecule has 9 nitrogen and oxygen atoms in total. The Morgan fingerprint density at radius 2 is 1.33 bits per heavy atom. The lowest BCUT2D eigenvalue weighted by Crippen LogP contribution is -2.55. The molecule has 1 fully saturated rings. The SMILES string of the molecule is CC(C)(C)OC(=O)N[C@@H](CC(=O)N1CCN(C(c2ccc(F)cc2)c2ccc(F)cc2)C(=O)C1)C(=O)N1Cc2ccccc2C1. The van der Waals surface area contributed by atoms with Crippen LogP contribution in [0.4, 0.5) is 13.6 Å². The molecule has 0 radical (unpaired) electrons. The number of rotatable bonds is 7. The third-order valence-corrected chi connectivity index (χ3v) is 7.81. The number of hydrogen-bond acceptors (Lipinski definition) is 5. The Labute approximate surface area is 260 Å². The molecule has 0 bridgehead atoms. The summed E-state index contributed by atoms with van der Waals surface area (Å²) in [5.41, 5.74) is 2.43. The lowest BCUT2D eigenvalue weighted by molar-refractivity contribution is -0.148. The fourth-order valence-electron chi connectivity index (χ4n) is 5.68. The molecule has 1 N–H and O–H groups in total. The number of nitrogens with one attached hydrogen (secondary N) is 1. The van der Waals surface area contributed by atoms with Crippen molar-refractivity contribution in [3.8, 4) is 0 Å². The molecule has 1 saturated heterocycles. The Morgan fingerprint density at radius 1 is 0.800 bits per heavy atom. The van der Waals surface area contributed by atoms with Crippen LogP contribution in [0.1, 0.15) is 55.5 Å². The summed E-state index contributed by atoms with van der Waals surface area (Å²) in [7, 11) is 0. The molecule has 2 aliphatic rings. The maximum atomic E-state index is 13.7. The number of nitrogens with zero attached hydrogens (tertiary/aromatic N) is 3. The average molecular weight is 619 g/mol. The van der Waals surface area contributed by atoms with E-state index in [0.29, 0.717) is 24.2 Å². The summed E-state index contributed by atoms with van der Waals surface area (Å²) in [5.74, 6) is -2.14. The summed E-state index contributed by atoms with van der Waals surface area (Å²) in [5, 5.41) is 2.58. The van der Waals surface area contributed by atoms with E-state index < -0.39 is 47.2 Å². The largest absolute Gasteiger partial charge is 0.444 e. The highest BCUT2D eigenvalue weighted by Crippen LogP contribution is 2.31. The molecule has 0 saturated carbocycles. The zero-order chi connectivity index (χ0) is 32.3. The van der Waals surface area contributed by atoms with Gasteiger partial charge in [0.05, 0.1) is 19.0 Å². The minimum atomic E-state index is -1.21. The third-order valence-electron chi connectivity index (χ3n) is 7.81. The molecule has 0 spiro atoms. The average Bonchev–Trinajstić information content (AvgIpc) is 3.42. The van der Waals surface area contributed by atoms with Crippen molar-refractivity contribution in [1.29, 1.82) is 0 Å². The van der Waals surface area contributed by atoms with Crippen molar-refractivity contribution < 1.29 is 32.7 Å². The maximum absolute atomic E-state index is 13.7. The van der Waals surface area contributed by atoms with E-state index in [1.54, 1.807) is 54.8 Å². The number of fused-ring (bicyclic) bond motifs is 1. The minimum Gasteiger partial charge on any atom is -0.444 e. The summed E-state index contributed by atoms with van der Waals surface area (Å²) < 4.78 is 32.8. The summed E-state index contributed by atoms with van der Waals surface area (Å²) in [6.07, 6.45) is -1.19. The normalized spacial score (nSPS) is 15.6. The Balaban J connectivity index is 1.31. The van der Waals surface area contributed by atoms with Gasteiger partial charge in [-0.25, -0.2) is 13.6 Å². The van der Waals surface area contributed by atoms with Gasteiger partial charge in [-0.15, -0.1) is 0 Å². The molecule has 0 aromatic heterocycles. The van der Waals surface area contributed by atoms with Crippen LogP contribution in [-0.4, -0.2) is 69.8 Å². The van der Waals surface area contributed by atoms with Crippen molar-refractivity contribution in [2.75, 3.05) is 19.6 Å². The molecule has 11 heteroatoms. The van der Waals surface area contributed by atoms with E-state index in [1.165, 1.54) is 29.2 Å². The Morgan fingerprint density at radius 3 is 1.82 bits per heavy atom. The first kappa shape index (κ1) is 31.6. The van der Waals surface area contributed by atoms with Gasteiger partial charge in [-0.05, 0) is 67.3 Å². The molecule has 2 heterocycles. The van der Waals surface area contributed by atoms with Gasteiger partial charge in [-0.2, -0.15) is 0 Å². The first-order valence-electron chi connectivity index (χ1n) is 14.8. The molecule has 1 atom stereocenters. The van der Waals surface area contributed by atoms with E-state index in [9.17, 15) is 28.0 Å². The highest BCUT2D eigenvalue weighted by Gasteiger charge is 2.37. The van der Waals surface area contributed by atoms with Crippen LogP contribution < -0.4 is 5.32 Å². The van der Waals surface area contributed by atoms with Gasteiger partial charge in [0, 0.05) is 26.2 Å². The van der Waals surface area contributed by atoms with Crippen LogP contribution in [0.2, 0.25) is 0 Å². The second-order valence-electron chi connectivity index (χ2n) is 12.3. The van der Waals surface area contributed by atoms with Crippen molar-refractivity contribution in [2.45, 2.75) is 58.0 Å². The number of halogens is 2. The van der Waals surface area contributed by atoms with Crippen molar-refractivity contribution in [2.24, 2.45) is 0 Å². The number of carbonyl (C=O) groups is 4. The number of piperazine rings is 1. The smallest absolute Gasteiger partial charge is 0.408 e. The molecule has 45 heavy (non-hydrogen) atoms. The highest BCUT2D eigenvalue weighted by molar-refractivity contribution is 5.93. The number of ether oxygens (including phenoxy) is 1. The van der Waals surface area contributed by atoms with Gasteiger partial charge in [-0.3, -0.25) is 14.4 Å². The van der Waals surface area contributed by atoms with Crippen LogP contribution in [0.15, 0.2) is 72.8 Å². The molecule has 2 aliphatic heterocycles. The number of amides is 4. The second kappa shape index (κ2) is 13.1. The van der Waals surface area contributed by atoms with E-state index in [4.69, 9.17) is 4.74 Å². The van der Waals surface area contributed by atoms with Crippen LogP contribution in [0.5, 0.6) is 0 Å². The van der Waals surface area contributed by atoms with E-state index in [2.05, 4.69) is 5.32 Å². The fraction of sp³-hybridized carbons (Fsp3) is 0.353. The number of alkyl carbamates (subject to hydrolysis) is 1. The third kappa shape index (κ3) is 7.65. The minimum absolute atomic E-state index is 0.142. The summed E-state index contributed by atoms with van der Waals surface area (Å²) in [6.45, 7) is 5.82. The van der Waals surface area contributed by atoms with Gasteiger partial charge in [0.25, 0.3) is 0 Å². The monoisotopic (exact) mass is 618 g/mol. The van der Waals surface area contributed by atoms with E-state index in [1.807, 2.05) is 24.3 Å². The van der Waals surface area contributed by atoms with E-state index >= 15 is 0 Å². The molecular formula is C34H36F2N4O5. The van der Waals surface area contributed by atoms with Gasteiger partial charge >= 0.3 is 6.09 Å². The fourth-order valence-corrected chi connectivity index (χ4v) is 5.68. The summed E-state index contributed by atoms with van der Waals surface area (Å²) in [4.78, 5) is 58.0. The predicted octanol–water partition coefficient (Wildman–Crippen LogP) is 4.55. The molecular weight excluding hydrogens is 582 g/mol. The Bertz CT molecular complexity index is 1500. The standard InChI is InChI=1S/C34H36F2N4O5/c1-34(2,3)45-33(44)37-28(32(43)39-19-24-6-4-5-7-25(24)20-39)18-29(41)38-16-17-40(30(42)21-38)31(22-8-12-26(35)13-9-22)23-10-14-27(36)15-11-23/h4-15,28,31H,16-21H2,1-3H3,(H,37,44)/t28-/m0/s1. The first-order chi connectivity index (χ1) is 21.4. The van der Waals surface area contributed by atoms with Gasteiger partial charge in [0.15, 0.2) is 0 Å². The Kier molecular flexibility index (Phi) is 9.17. The molecule has 236 valence electrons. The van der Waals surface area contributed by atoms with E-state index in [-0.39, 0.29) is 32.0 Å². The van der Waals surface area contributed by atoms with Crippen LogP contribution in [0, 0.1) is 11.6 Å². The van der Waals surface area contributed by atoms with Crippen LogP contribution >= 0.6 is 0 Å². The number of carbonyl (C=O) groups excluding carboxylic acids is 4. The zero-order valence-electron chi connectivity index (χ0n) is 25.5. The van der Waals surface area contributed by atoms with Crippen LogP contribution in [0.25, 0.3) is 0 Å². The van der Waals surface area contributed by atoms with E-state index in [0.717, 1.165) is 11.1 Å². The lowest BCUT2D eigenvalue weighted by Gasteiger charge is -2.40. The van der Waals surface area contributed by atoms with Gasteiger partial charge in [0.2, 0.25) is 17.7 Å². The molecule has 0 unspecified atom stereocenters. The van der Waals surface area contributed by atoms with Crippen LogP contribution in [0.3, 0.4) is 0 Å². The molecule has 5 rings (SSSR count). The maximum Gasteiger partial charge on any atom is 0.408 e. The summed E-state index contributed by atoms with van der Waals surface area (Å²) in [6, 6.07) is 17.3. The second-order valence-corrected chi connectivity index (χ2v) is 12.3.